The third-order valence-electron chi connectivity index (χ3n) is 5.32. The Morgan fingerprint density at radius 3 is 2.48 bits per heavy atom. The maximum absolute atomic E-state index is 12.5. The highest BCUT2D eigenvalue weighted by Gasteiger charge is 2.29. The number of morpholine rings is 1. The summed E-state index contributed by atoms with van der Waals surface area (Å²) in [6.07, 6.45) is 6.53. The molecule has 0 aromatic heterocycles. The number of carbonyl (C=O) groups excluding carboxylic acids is 2. The van der Waals surface area contributed by atoms with Crippen LogP contribution in [0.2, 0.25) is 0 Å². The predicted octanol–water partition coefficient (Wildman–Crippen LogP) is 0.616. The molecule has 0 aromatic carbocycles. The van der Waals surface area contributed by atoms with Gasteiger partial charge in [0.25, 0.3) is 0 Å². The van der Waals surface area contributed by atoms with E-state index in [1.165, 1.54) is 25.7 Å². The van der Waals surface area contributed by atoms with Gasteiger partial charge >= 0.3 is 0 Å². The first-order chi connectivity index (χ1) is 11.2. The van der Waals surface area contributed by atoms with Gasteiger partial charge < -0.3 is 19.9 Å². The van der Waals surface area contributed by atoms with Crippen LogP contribution in [0.3, 0.4) is 0 Å². The molecule has 6 nitrogen and oxygen atoms in total. The number of carbonyl (C=O) groups is 2. The molecule has 1 saturated carbocycles. The second-order valence-electron chi connectivity index (χ2n) is 7.00. The largest absolute Gasteiger partial charge is 0.378 e. The lowest BCUT2D eigenvalue weighted by molar-refractivity contribution is -0.137. The van der Waals surface area contributed by atoms with Crippen LogP contribution in [0.25, 0.3) is 0 Å². The van der Waals surface area contributed by atoms with E-state index < -0.39 is 0 Å². The summed E-state index contributed by atoms with van der Waals surface area (Å²) in [6, 6.07) is -0.218. The lowest BCUT2D eigenvalue weighted by Gasteiger charge is -2.29. The summed E-state index contributed by atoms with van der Waals surface area (Å²) in [4.78, 5) is 28.9. The normalized spacial score (nSPS) is 27.0. The molecule has 0 radical (unpaired) electrons. The zero-order valence-corrected chi connectivity index (χ0v) is 14.0. The van der Waals surface area contributed by atoms with Gasteiger partial charge in [-0.25, -0.2) is 0 Å². The van der Waals surface area contributed by atoms with Crippen molar-refractivity contribution in [2.45, 2.75) is 44.6 Å². The number of nitrogens with one attached hydrogen (secondary N) is 1. The minimum atomic E-state index is -0.218. The number of rotatable bonds is 3. The van der Waals surface area contributed by atoms with E-state index in [-0.39, 0.29) is 17.9 Å². The summed E-state index contributed by atoms with van der Waals surface area (Å²) >= 11 is 0. The van der Waals surface area contributed by atoms with Gasteiger partial charge in [0.2, 0.25) is 11.8 Å². The highest BCUT2D eigenvalue weighted by atomic mass is 16.5. The van der Waals surface area contributed by atoms with Gasteiger partial charge in [0.15, 0.2) is 0 Å². The zero-order valence-electron chi connectivity index (χ0n) is 14.0. The molecule has 0 aromatic rings. The van der Waals surface area contributed by atoms with Crippen molar-refractivity contribution in [1.82, 2.24) is 15.1 Å². The lowest BCUT2D eigenvalue weighted by Crippen LogP contribution is -2.53. The fourth-order valence-corrected chi connectivity index (χ4v) is 3.92. The van der Waals surface area contributed by atoms with Gasteiger partial charge in [0.1, 0.15) is 6.04 Å². The summed E-state index contributed by atoms with van der Waals surface area (Å²) in [6.45, 7) is 4.70. The molecule has 23 heavy (non-hydrogen) atoms. The average Bonchev–Trinajstić information content (AvgIpc) is 2.96. The predicted molar refractivity (Wildman–Crippen MR) is 87.0 cm³/mol. The summed E-state index contributed by atoms with van der Waals surface area (Å²) < 4.78 is 5.38. The number of amides is 2. The summed E-state index contributed by atoms with van der Waals surface area (Å²) in [5.74, 6) is 0.993. The topological polar surface area (TPSA) is 61.9 Å². The molecule has 0 bridgehead atoms. The monoisotopic (exact) mass is 323 g/mol. The van der Waals surface area contributed by atoms with E-state index in [1.807, 2.05) is 9.80 Å². The molecule has 1 aliphatic carbocycles. The van der Waals surface area contributed by atoms with Crippen LogP contribution >= 0.6 is 0 Å². The molecule has 1 unspecified atom stereocenters. The molecule has 2 amide bonds. The number of nitrogens with zero attached hydrogens (tertiary/aromatic N) is 2. The molecule has 2 saturated heterocycles. The van der Waals surface area contributed by atoms with Crippen molar-refractivity contribution in [2.24, 2.45) is 5.92 Å². The second kappa shape index (κ2) is 8.11. The van der Waals surface area contributed by atoms with Crippen LogP contribution in [0.4, 0.5) is 0 Å². The molecule has 3 fully saturated rings. The fourth-order valence-electron chi connectivity index (χ4n) is 3.92. The molecule has 2 aliphatic heterocycles. The minimum absolute atomic E-state index is 0.120. The molecular formula is C17H29N3O3. The maximum Gasteiger partial charge on any atom is 0.242 e. The highest BCUT2D eigenvalue weighted by Crippen LogP contribution is 2.28. The molecule has 2 heterocycles. The van der Waals surface area contributed by atoms with Crippen molar-refractivity contribution in [3.8, 4) is 0 Å². The van der Waals surface area contributed by atoms with Crippen LogP contribution in [0, 0.1) is 5.92 Å². The number of hydrogen-bond acceptors (Lipinski definition) is 4. The summed E-state index contributed by atoms with van der Waals surface area (Å²) in [7, 11) is 0. The Morgan fingerprint density at radius 2 is 1.74 bits per heavy atom. The fraction of sp³-hybridized carbons (Fsp3) is 0.882. The van der Waals surface area contributed by atoms with Crippen LogP contribution in [-0.4, -0.2) is 73.6 Å². The van der Waals surface area contributed by atoms with E-state index in [0.717, 1.165) is 26.1 Å². The lowest BCUT2D eigenvalue weighted by atomic mass is 10.0. The first kappa shape index (κ1) is 16.7. The van der Waals surface area contributed by atoms with Gasteiger partial charge in [0, 0.05) is 39.1 Å². The maximum atomic E-state index is 12.5. The van der Waals surface area contributed by atoms with Crippen molar-refractivity contribution in [2.75, 3.05) is 45.9 Å². The molecule has 6 heteroatoms. The summed E-state index contributed by atoms with van der Waals surface area (Å²) in [5.41, 5.74) is 0. The molecule has 1 atom stereocenters. The van der Waals surface area contributed by atoms with Crippen molar-refractivity contribution in [1.29, 1.82) is 0 Å². The van der Waals surface area contributed by atoms with Gasteiger partial charge in [-0.2, -0.15) is 0 Å². The third kappa shape index (κ3) is 4.44. The number of hydrogen-bond donors (Lipinski definition) is 1. The second-order valence-corrected chi connectivity index (χ2v) is 7.00. The molecule has 130 valence electrons. The van der Waals surface area contributed by atoms with E-state index >= 15 is 0 Å². The number of ether oxygens (including phenoxy) is 1. The van der Waals surface area contributed by atoms with Crippen LogP contribution in [0.5, 0.6) is 0 Å². The van der Waals surface area contributed by atoms with Gasteiger partial charge in [-0.05, 0) is 25.2 Å². The van der Waals surface area contributed by atoms with Gasteiger partial charge in [-0.3, -0.25) is 9.59 Å². The molecular weight excluding hydrogens is 294 g/mol. The summed E-state index contributed by atoms with van der Waals surface area (Å²) in [5, 5.41) is 3.22. The standard InChI is InChI=1S/C17H29N3O3/c21-16(12-14-4-1-2-5-14)19-7-3-8-20(10-9-19)17(22)15-13-23-11-6-18-15/h14-15,18H,1-13H2. The van der Waals surface area contributed by atoms with Gasteiger partial charge in [0.05, 0.1) is 13.2 Å². The van der Waals surface area contributed by atoms with Crippen LogP contribution in [0.1, 0.15) is 38.5 Å². The van der Waals surface area contributed by atoms with E-state index in [2.05, 4.69) is 5.32 Å². The van der Waals surface area contributed by atoms with Crippen molar-refractivity contribution in [3.63, 3.8) is 0 Å². The van der Waals surface area contributed by atoms with E-state index in [1.54, 1.807) is 0 Å². The Balaban J connectivity index is 1.48. The third-order valence-corrected chi connectivity index (χ3v) is 5.32. The molecule has 1 N–H and O–H groups in total. The minimum Gasteiger partial charge on any atom is -0.378 e. The Morgan fingerprint density at radius 1 is 1.00 bits per heavy atom. The molecule has 3 aliphatic rings. The Labute approximate surface area is 138 Å². The first-order valence-corrected chi connectivity index (χ1v) is 9.12. The van der Waals surface area contributed by atoms with E-state index in [0.29, 0.717) is 38.6 Å². The smallest absolute Gasteiger partial charge is 0.242 e. The van der Waals surface area contributed by atoms with Crippen LogP contribution in [0.15, 0.2) is 0 Å². The SMILES string of the molecule is O=C(CC1CCCC1)N1CCCN(C(=O)C2COCCN2)CC1. The van der Waals surface area contributed by atoms with E-state index in [4.69, 9.17) is 4.74 Å². The Hall–Kier alpha value is -1.14. The Bertz CT molecular complexity index is 417. The van der Waals surface area contributed by atoms with E-state index in [9.17, 15) is 9.59 Å². The highest BCUT2D eigenvalue weighted by molar-refractivity contribution is 5.82. The van der Waals surface area contributed by atoms with Gasteiger partial charge in [-0.1, -0.05) is 12.8 Å². The van der Waals surface area contributed by atoms with Gasteiger partial charge in [-0.15, -0.1) is 0 Å². The average molecular weight is 323 g/mol. The Kier molecular flexibility index (Phi) is 5.89. The van der Waals surface area contributed by atoms with Crippen LogP contribution < -0.4 is 5.32 Å². The van der Waals surface area contributed by atoms with Crippen molar-refractivity contribution in [3.05, 3.63) is 0 Å². The molecule has 3 rings (SSSR count). The van der Waals surface area contributed by atoms with Crippen LogP contribution in [-0.2, 0) is 14.3 Å². The quantitative estimate of drug-likeness (QED) is 0.827. The van der Waals surface area contributed by atoms with Crippen molar-refractivity contribution >= 4 is 11.8 Å². The molecule has 0 spiro atoms. The first-order valence-electron chi connectivity index (χ1n) is 9.12. The van der Waals surface area contributed by atoms with Crippen molar-refractivity contribution < 1.29 is 14.3 Å². The zero-order chi connectivity index (χ0) is 16.1.